The van der Waals surface area contributed by atoms with Crippen molar-refractivity contribution in [3.8, 4) is 0 Å². The second-order valence-electron chi connectivity index (χ2n) is 4.80. The molecule has 0 aliphatic heterocycles. The second kappa shape index (κ2) is 8.67. The van der Waals surface area contributed by atoms with E-state index in [1.165, 1.54) is 38.5 Å². The summed E-state index contributed by atoms with van der Waals surface area (Å²) in [7, 11) is 0. The van der Waals surface area contributed by atoms with E-state index in [4.69, 9.17) is 0 Å². The van der Waals surface area contributed by atoms with Crippen molar-refractivity contribution >= 4 is 50.1 Å². The van der Waals surface area contributed by atoms with Crippen LogP contribution in [0, 0.1) is 11.8 Å². The molecule has 0 N–H and O–H groups in total. The van der Waals surface area contributed by atoms with Gasteiger partial charge in [0.05, 0.1) is 0 Å². The predicted octanol–water partition coefficient (Wildman–Crippen LogP) is 4.41. The average Bonchev–Trinajstić information content (AvgIpc) is 2.21. The first-order valence-corrected chi connectivity index (χ1v) is 5.97. The second-order valence-corrected chi connectivity index (χ2v) is 4.80. The largest absolute Gasteiger partial charge is 2.00 e. The van der Waals surface area contributed by atoms with E-state index >= 15 is 0 Å². The molecule has 2 heteroatoms. The van der Waals surface area contributed by atoms with Gasteiger partial charge in [-0.2, -0.15) is 0 Å². The van der Waals surface area contributed by atoms with Crippen molar-refractivity contribution in [1.82, 2.24) is 0 Å². The third-order valence-corrected chi connectivity index (χ3v) is 3.97. The average molecular weight is 245 g/mol. The molecule has 0 aromatic carbocycles. The molecule has 0 aromatic rings. The summed E-state index contributed by atoms with van der Waals surface area (Å²) in [4.78, 5) is 0. The molecule has 0 bridgehead atoms. The summed E-state index contributed by atoms with van der Waals surface area (Å²) < 4.78 is 0. The summed E-state index contributed by atoms with van der Waals surface area (Å²) >= 11 is 0. The van der Waals surface area contributed by atoms with Crippen LogP contribution in [0.3, 0.4) is 0 Å². The number of hydrogen-bond donors (Lipinski definition) is 0. The van der Waals surface area contributed by atoms with Gasteiger partial charge in [-0.25, -0.2) is 0 Å². The molecule has 14 heavy (non-hydrogen) atoms. The van der Waals surface area contributed by atoms with Crippen LogP contribution in [-0.2, 0) is 0 Å². The molecule has 0 amide bonds. The Labute approximate surface area is 128 Å². The quantitative estimate of drug-likeness (QED) is 0.600. The van der Waals surface area contributed by atoms with Crippen LogP contribution < -0.4 is 0 Å². The van der Waals surface area contributed by atoms with Crippen LogP contribution in [0.4, 0.5) is 0 Å². The molecule has 82 valence electrons. The van der Waals surface area contributed by atoms with Crippen molar-refractivity contribution in [3.05, 3.63) is 0 Å². The van der Waals surface area contributed by atoms with Crippen LogP contribution in [0.5, 0.6) is 0 Å². The van der Waals surface area contributed by atoms with Gasteiger partial charge in [0, 0.05) is 0 Å². The summed E-state index contributed by atoms with van der Waals surface area (Å²) in [6, 6.07) is 0. The van der Waals surface area contributed by atoms with Crippen LogP contribution in [0.15, 0.2) is 0 Å². The SMILES string of the molecule is C1CCC(C2CCCCC2)CC1.Cl.[Ca+2].[H-].[H-]. The van der Waals surface area contributed by atoms with E-state index in [2.05, 4.69) is 0 Å². The first kappa shape index (κ1) is 15.5. The normalized spacial score (nSPS) is 24.9. The summed E-state index contributed by atoms with van der Waals surface area (Å²) in [5, 5.41) is 0. The van der Waals surface area contributed by atoms with Gasteiger partial charge >= 0.3 is 37.7 Å². The Hall–Kier alpha value is 1.55. The fraction of sp³-hybridized carbons (Fsp3) is 1.00. The molecule has 0 radical (unpaired) electrons. The predicted molar refractivity (Wildman–Crippen MR) is 68.4 cm³/mol. The molecule has 2 aliphatic rings. The van der Waals surface area contributed by atoms with Crippen molar-refractivity contribution in [2.24, 2.45) is 11.8 Å². The van der Waals surface area contributed by atoms with Gasteiger partial charge in [-0.15, -0.1) is 12.4 Å². The van der Waals surface area contributed by atoms with Crippen LogP contribution in [0.2, 0.25) is 0 Å². The van der Waals surface area contributed by atoms with Gasteiger partial charge in [0.1, 0.15) is 0 Å². The Morgan fingerprint density at radius 3 is 1.14 bits per heavy atom. The molecule has 0 atom stereocenters. The van der Waals surface area contributed by atoms with Gasteiger partial charge in [-0.1, -0.05) is 64.2 Å². The fourth-order valence-corrected chi connectivity index (χ4v) is 3.21. The summed E-state index contributed by atoms with van der Waals surface area (Å²) in [5.41, 5.74) is 0. The van der Waals surface area contributed by atoms with Gasteiger partial charge in [0.15, 0.2) is 0 Å². The number of rotatable bonds is 1. The van der Waals surface area contributed by atoms with Gasteiger partial charge in [-0.3, -0.25) is 0 Å². The van der Waals surface area contributed by atoms with E-state index in [1.54, 1.807) is 25.7 Å². The first-order chi connectivity index (χ1) is 5.97. The smallest absolute Gasteiger partial charge is 1.00 e. The minimum atomic E-state index is 0. The van der Waals surface area contributed by atoms with E-state index in [0.717, 1.165) is 11.8 Å². The minimum absolute atomic E-state index is 0. The Bertz CT molecular complexity index is 119. The van der Waals surface area contributed by atoms with Crippen LogP contribution >= 0.6 is 12.4 Å². The molecule has 0 heterocycles. The van der Waals surface area contributed by atoms with Crippen LogP contribution in [-0.4, -0.2) is 37.7 Å². The van der Waals surface area contributed by atoms with E-state index in [-0.39, 0.29) is 53.0 Å². The molecule has 0 spiro atoms. The van der Waals surface area contributed by atoms with Crippen molar-refractivity contribution in [2.75, 3.05) is 0 Å². The first-order valence-electron chi connectivity index (χ1n) is 5.97. The molecule has 2 rings (SSSR count). The molecule has 0 nitrogen and oxygen atoms in total. The summed E-state index contributed by atoms with van der Waals surface area (Å²) in [6.45, 7) is 0. The topological polar surface area (TPSA) is 0 Å². The van der Waals surface area contributed by atoms with Crippen molar-refractivity contribution in [2.45, 2.75) is 64.2 Å². The summed E-state index contributed by atoms with van der Waals surface area (Å²) in [6.07, 6.45) is 15.4. The van der Waals surface area contributed by atoms with Gasteiger partial charge in [0.2, 0.25) is 0 Å². The van der Waals surface area contributed by atoms with Gasteiger partial charge < -0.3 is 2.85 Å². The zero-order valence-corrected chi connectivity index (χ0v) is 12.4. The van der Waals surface area contributed by atoms with E-state index < -0.39 is 0 Å². The number of halogens is 1. The fourth-order valence-electron chi connectivity index (χ4n) is 3.21. The van der Waals surface area contributed by atoms with E-state index in [1.807, 2.05) is 0 Å². The molecule has 2 saturated carbocycles. The maximum Gasteiger partial charge on any atom is 2.00 e. The maximum atomic E-state index is 1.56. The molecule has 2 aliphatic carbocycles. The van der Waals surface area contributed by atoms with Crippen LogP contribution in [0.25, 0.3) is 0 Å². The van der Waals surface area contributed by atoms with Gasteiger partial charge in [-0.05, 0) is 11.8 Å². The van der Waals surface area contributed by atoms with E-state index in [9.17, 15) is 0 Å². The molecule has 2 fully saturated rings. The Balaban J connectivity index is -0.000000422. The Morgan fingerprint density at radius 1 is 0.571 bits per heavy atom. The molecule has 0 aromatic heterocycles. The summed E-state index contributed by atoms with van der Waals surface area (Å²) in [5.74, 6) is 2.28. The monoisotopic (exact) mass is 244 g/mol. The third kappa shape index (κ3) is 4.60. The van der Waals surface area contributed by atoms with Gasteiger partial charge in [0.25, 0.3) is 0 Å². The Kier molecular flexibility index (Phi) is 9.63. The minimum Gasteiger partial charge on any atom is -1.00 e. The molecule has 0 saturated heterocycles. The van der Waals surface area contributed by atoms with Crippen molar-refractivity contribution in [1.29, 1.82) is 0 Å². The standard InChI is InChI=1S/C12H22.Ca.ClH.2H/c1-3-7-11(8-4-1)12-9-5-2-6-10-12;;;;/h11-12H,1-10H2;;1H;;/q;+2;;2*-1. The molecular formula is C12H25CaCl. The molecule has 0 unspecified atom stereocenters. The zero-order chi connectivity index (χ0) is 8.23. The number of hydrogen-bond acceptors (Lipinski definition) is 0. The maximum absolute atomic E-state index is 1.56. The Morgan fingerprint density at radius 2 is 0.857 bits per heavy atom. The van der Waals surface area contributed by atoms with Crippen molar-refractivity contribution < 1.29 is 2.85 Å². The van der Waals surface area contributed by atoms with Crippen molar-refractivity contribution in [3.63, 3.8) is 0 Å². The van der Waals surface area contributed by atoms with E-state index in [0.29, 0.717) is 0 Å². The van der Waals surface area contributed by atoms with Crippen LogP contribution in [0.1, 0.15) is 67.1 Å². The third-order valence-electron chi connectivity index (χ3n) is 3.97. The molecular weight excluding hydrogens is 220 g/mol. The zero-order valence-electron chi connectivity index (χ0n) is 11.3.